The molecule has 0 heterocycles. The van der Waals surface area contributed by atoms with Gasteiger partial charge in [0.05, 0.1) is 0 Å². The summed E-state index contributed by atoms with van der Waals surface area (Å²) >= 11 is 0. The van der Waals surface area contributed by atoms with E-state index in [4.69, 9.17) is 0 Å². The van der Waals surface area contributed by atoms with E-state index < -0.39 is 0 Å². The summed E-state index contributed by atoms with van der Waals surface area (Å²) in [4.78, 5) is 2.24. The number of likely N-dealkylation sites (N-methyl/N-ethyl adjacent to an activating group) is 1. The lowest BCUT2D eigenvalue weighted by atomic mass is 9.96. The highest BCUT2D eigenvalue weighted by molar-refractivity contribution is 6.08. The van der Waals surface area contributed by atoms with Crippen molar-refractivity contribution in [2.24, 2.45) is 0 Å². The van der Waals surface area contributed by atoms with Crippen LogP contribution in [-0.4, -0.2) is 25.5 Å². The summed E-state index contributed by atoms with van der Waals surface area (Å²) in [5.74, 6) is 0. The fourth-order valence-electron chi connectivity index (χ4n) is 2.68. The first-order valence-corrected chi connectivity index (χ1v) is 6.80. The maximum atomic E-state index is 2.35. The van der Waals surface area contributed by atoms with Gasteiger partial charge in [0.15, 0.2) is 0 Å². The minimum Gasteiger partial charge on any atom is -0.309 e. The third-order valence-electron chi connectivity index (χ3n) is 3.68. The average molecular weight is 249 g/mol. The molecule has 3 aromatic carbocycles. The molecule has 0 spiro atoms. The predicted octanol–water partition coefficient (Wildman–Crippen LogP) is 4.10. The molecule has 0 radical (unpaired) electrons. The van der Waals surface area contributed by atoms with E-state index in [-0.39, 0.29) is 0 Å². The second-order valence-electron chi connectivity index (χ2n) is 5.36. The lowest BCUT2D eigenvalue weighted by Gasteiger charge is -2.13. The first-order chi connectivity index (χ1) is 9.25. The number of nitrogens with zero attached hydrogens (tertiary/aromatic N) is 1. The van der Waals surface area contributed by atoms with E-state index in [9.17, 15) is 0 Å². The van der Waals surface area contributed by atoms with Crippen molar-refractivity contribution >= 4 is 21.5 Å². The second kappa shape index (κ2) is 5.02. The lowest BCUT2D eigenvalue weighted by molar-refractivity contribution is 0.414. The normalized spacial score (nSPS) is 11.5. The van der Waals surface area contributed by atoms with Crippen LogP contribution in [0.3, 0.4) is 0 Å². The van der Waals surface area contributed by atoms with Crippen LogP contribution in [0.25, 0.3) is 21.5 Å². The zero-order valence-corrected chi connectivity index (χ0v) is 11.6. The number of rotatable bonds is 3. The Balaban J connectivity index is 2.23. The molecule has 3 aromatic rings. The number of hydrogen-bond acceptors (Lipinski definition) is 1. The topological polar surface area (TPSA) is 3.24 Å². The van der Waals surface area contributed by atoms with Crippen molar-refractivity contribution in [3.8, 4) is 0 Å². The van der Waals surface area contributed by atoms with Gasteiger partial charge in [-0.25, -0.2) is 0 Å². The summed E-state index contributed by atoms with van der Waals surface area (Å²) in [6.45, 7) is 1.09. The molecular weight excluding hydrogens is 230 g/mol. The van der Waals surface area contributed by atoms with Gasteiger partial charge in [-0.1, -0.05) is 54.6 Å². The molecule has 0 atom stereocenters. The van der Waals surface area contributed by atoms with Crippen molar-refractivity contribution in [1.29, 1.82) is 0 Å². The van der Waals surface area contributed by atoms with Gasteiger partial charge in [0, 0.05) is 6.54 Å². The number of fused-ring (bicyclic) bond motifs is 3. The minimum atomic E-state index is 1.09. The van der Waals surface area contributed by atoms with Crippen molar-refractivity contribution in [2.75, 3.05) is 20.6 Å². The van der Waals surface area contributed by atoms with Gasteiger partial charge in [-0.15, -0.1) is 0 Å². The monoisotopic (exact) mass is 249 g/mol. The molecule has 1 heteroatoms. The molecule has 0 bridgehead atoms. The van der Waals surface area contributed by atoms with E-state index in [1.54, 1.807) is 0 Å². The van der Waals surface area contributed by atoms with Crippen LogP contribution in [0.2, 0.25) is 0 Å². The third-order valence-corrected chi connectivity index (χ3v) is 3.68. The van der Waals surface area contributed by atoms with Gasteiger partial charge in [0.2, 0.25) is 0 Å². The Kier molecular flexibility index (Phi) is 3.22. The maximum absolute atomic E-state index is 2.35. The number of hydrogen-bond donors (Lipinski definition) is 0. The fraction of sp³-hybridized carbons (Fsp3) is 0.222. The van der Waals surface area contributed by atoms with Gasteiger partial charge in [0.1, 0.15) is 0 Å². The van der Waals surface area contributed by atoms with Gasteiger partial charge in [0.25, 0.3) is 0 Å². The summed E-state index contributed by atoms with van der Waals surface area (Å²) < 4.78 is 0. The van der Waals surface area contributed by atoms with Crippen LogP contribution in [0, 0.1) is 0 Å². The third kappa shape index (κ3) is 2.34. The van der Waals surface area contributed by atoms with Crippen LogP contribution in [-0.2, 0) is 6.42 Å². The zero-order chi connectivity index (χ0) is 13.2. The fourth-order valence-corrected chi connectivity index (χ4v) is 2.68. The molecule has 0 aromatic heterocycles. The molecule has 0 amide bonds. The summed E-state index contributed by atoms with van der Waals surface area (Å²) in [6.07, 6.45) is 1.10. The summed E-state index contributed by atoms with van der Waals surface area (Å²) in [5, 5.41) is 5.46. The van der Waals surface area contributed by atoms with Crippen molar-refractivity contribution in [1.82, 2.24) is 4.90 Å². The van der Waals surface area contributed by atoms with Gasteiger partial charge < -0.3 is 4.90 Å². The van der Waals surface area contributed by atoms with Crippen molar-refractivity contribution in [2.45, 2.75) is 6.42 Å². The molecule has 3 rings (SSSR count). The predicted molar refractivity (Wildman–Crippen MR) is 83.7 cm³/mol. The highest BCUT2D eigenvalue weighted by Crippen LogP contribution is 2.28. The minimum absolute atomic E-state index is 1.09. The molecule has 0 unspecified atom stereocenters. The Morgan fingerprint density at radius 2 is 1.42 bits per heavy atom. The quantitative estimate of drug-likeness (QED) is 0.632. The molecular formula is C18H19N. The summed E-state index contributed by atoms with van der Waals surface area (Å²) in [6, 6.07) is 19.8. The zero-order valence-electron chi connectivity index (χ0n) is 11.6. The Labute approximate surface area is 114 Å². The maximum Gasteiger partial charge on any atom is 0.00159 e. The Bertz CT molecular complexity index is 713. The van der Waals surface area contributed by atoms with Crippen LogP contribution >= 0.6 is 0 Å². The van der Waals surface area contributed by atoms with E-state index in [0.717, 1.165) is 13.0 Å². The lowest BCUT2D eigenvalue weighted by Crippen LogP contribution is -2.15. The smallest absolute Gasteiger partial charge is 0.00159 e. The second-order valence-corrected chi connectivity index (χ2v) is 5.36. The molecule has 0 aliphatic rings. The summed E-state index contributed by atoms with van der Waals surface area (Å²) in [5.41, 5.74) is 1.45. The SMILES string of the molecule is CN(C)CCc1cc2ccccc2c2ccccc12. The van der Waals surface area contributed by atoms with Gasteiger partial charge >= 0.3 is 0 Å². The van der Waals surface area contributed by atoms with Crippen molar-refractivity contribution in [3.05, 3.63) is 60.2 Å². The average Bonchev–Trinajstić information content (AvgIpc) is 2.44. The van der Waals surface area contributed by atoms with E-state index in [0.29, 0.717) is 0 Å². The molecule has 1 nitrogen and oxygen atoms in total. The Morgan fingerprint density at radius 3 is 2.16 bits per heavy atom. The van der Waals surface area contributed by atoms with Crippen LogP contribution in [0.4, 0.5) is 0 Å². The van der Waals surface area contributed by atoms with E-state index >= 15 is 0 Å². The van der Waals surface area contributed by atoms with Gasteiger partial charge in [-0.2, -0.15) is 0 Å². The summed E-state index contributed by atoms with van der Waals surface area (Å²) in [7, 11) is 4.26. The molecule has 0 saturated carbocycles. The van der Waals surface area contributed by atoms with Crippen LogP contribution < -0.4 is 0 Å². The Hall–Kier alpha value is -1.86. The highest BCUT2D eigenvalue weighted by Gasteiger charge is 2.06. The Morgan fingerprint density at radius 1 is 0.789 bits per heavy atom. The first-order valence-electron chi connectivity index (χ1n) is 6.80. The van der Waals surface area contributed by atoms with Crippen LogP contribution in [0.5, 0.6) is 0 Å². The number of benzene rings is 3. The highest BCUT2D eigenvalue weighted by atomic mass is 15.0. The molecule has 0 aliphatic heterocycles. The largest absolute Gasteiger partial charge is 0.309 e. The molecule has 0 N–H and O–H groups in total. The van der Waals surface area contributed by atoms with Gasteiger partial charge in [-0.3, -0.25) is 0 Å². The van der Waals surface area contributed by atoms with Crippen LogP contribution in [0.15, 0.2) is 54.6 Å². The van der Waals surface area contributed by atoms with E-state index in [2.05, 4.69) is 73.6 Å². The molecule has 0 saturated heterocycles. The van der Waals surface area contributed by atoms with Crippen molar-refractivity contribution < 1.29 is 0 Å². The van der Waals surface area contributed by atoms with E-state index in [1.807, 2.05) is 0 Å². The standard InChI is InChI=1S/C18H19N/c1-19(2)12-11-15-13-14-7-3-4-8-16(14)18-10-6-5-9-17(15)18/h3-10,13H,11-12H2,1-2H3. The van der Waals surface area contributed by atoms with Crippen LogP contribution in [0.1, 0.15) is 5.56 Å². The molecule has 96 valence electrons. The van der Waals surface area contributed by atoms with Gasteiger partial charge in [-0.05, 0) is 47.6 Å². The molecule has 0 fully saturated rings. The van der Waals surface area contributed by atoms with E-state index in [1.165, 1.54) is 27.1 Å². The first kappa shape index (κ1) is 12.2. The molecule has 0 aliphatic carbocycles. The molecule has 19 heavy (non-hydrogen) atoms. The van der Waals surface area contributed by atoms with Crippen molar-refractivity contribution in [3.63, 3.8) is 0 Å².